The number of benzene rings is 3. The van der Waals surface area contributed by atoms with Crippen LogP contribution in [0.2, 0.25) is 0 Å². The van der Waals surface area contributed by atoms with Crippen molar-refractivity contribution in [2.75, 3.05) is 22.8 Å². The maximum Gasteiger partial charge on any atom is 0.416 e. The fraction of sp³-hybridized carbons (Fsp3) is 0.174. The number of ether oxygens (including phenoxy) is 1. The number of nitrogens with zero attached hydrogens (tertiary/aromatic N) is 3. The van der Waals surface area contributed by atoms with Crippen molar-refractivity contribution in [3.63, 3.8) is 0 Å². The minimum Gasteiger partial charge on any atom is -0.494 e. The number of sulfonamides is 1. The first kappa shape index (κ1) is 25.4. The van der Waals surface area contributed by atoms with Crippen LogP contribution in [-0.4, -0.2) is 36.2 Å². The fourth-order valence-corrected chi connectivity index (χ4v) is 5.56. The van der Waals surface area contributed by atoms with Gasteiger partial charge in [0.25, 0.3) is 10.0 Å². The predicted octanol–water partition coefficient (Wildman–Crippen LogP) is 4.94. The Morgan fingerprint density at radius 3 is 2.47 bits per heavy atom. The van der Waals surface area contributed by atoms with E-state index >= 15 is 0 Å². The van der Waals surface area contributed by atoms with Crippen LogP contribution in [0.4, 0.5) is 24.5 Å². The lowest BCUT2D eigenvalue weighted by molar-refractivity contribution is -0.137. The average Bonchev–Trinajstić information content (AvgIpc) is 3.32. The van der Waals surface area contributed by atoms with Crippen LogP contribution in [0.25, 0.3) is 11.0 Å². The Morgan fingerprint density at radius 1 is 1.06 bits per heavy atom. The van der Waals surface area contributed by atoms with Gasteiger partial charge in [-0.3, -0.25) is 9.10 Å². The van der Waals surface area contributed by atoms with Gasteiger partial charge in [-0.1, -0.05) is 12.1 Å². The van der Waals surface area contributed by atoms with Gasteiger partial charge >= 0.3 is 6.18 Å². The number of carbonyl (C=O) groups is 1. The molecule has 0 aliphatic rings. The third kappa shape index (κ3) is 5.41. The van der Waals surface area contributed by atoms with Gasteiger partial charge in [0.15, 0.2) is 0 Å². The highest BCUT2D eigenvalue weighted by molar-refractivity contribution is 7.93. The summed E-state index contributed by atoms with van der Waals surface area (Å²) in [6, 6.07) is 14.4. The lowest BCUT2D eigenvalue weighted by atomic mass is 10.2. The fourth-order valence-electron chi connectivity index (χ4n) is 3.39. The molecule has 0 atom stereocenters. The topological polar surface area (TPSA) is 101 Å². The molecule has 8 nitrogen and oxygen atoms in total. The Labute approximate surface area is 208 Å². The normalized spacial score (nSPS) is 11.9. The number of hydrogen-bond acceptors (Lipinski definition) is 7. The third-order valence-electron chi connectivity index (χ3n) is 5.01. The summed E-state index contributed by atoms with van der Waals surface area (Å²) in [5.41, 5.74) is -0.654. The summed E-state index contributed by atoms with van der Waals surface area (Å²) in [5.74, 6) is -0.183. The summed E-state index contributed by atoms with van der Waals surface area (Å²) in [5, 5.41) is 2.56. The van der Waals surface area contributed by atoms with Crippen molar-refractivity contribution in [3.05, 3.63) is 72.3 Å². The Bertz CT molecular complexity index is 1490. The van der Waals surface area contributed by atoms with Crippen molar-refractivity contribution in [1.29, 1.82) is 0 Å². The van der Waals surface area contributed by atoms with Crippen molar-refractivity contribution in [3.8, 4) is 5.75 Å². The van der Waals surface area contributed by atoms with Gasteiger partial charge in [0.05, 0.1) is 29.6 Å². The Hall–Kier alpha value is -3.71. The van der Waals surface area contributed by atoms with E-state index in [9.17, 15) is 26.4 Å². The van der Waals surface area contributed by atoms with Crippen molar-refractivity contribution in [2.45, 2.75) is 18.0 Å². The minimum atomic E-state index is -4.71. The van der Waals surface area contributed by atoms with Crippen molar-refractivity contribution in [2.24, 2.45) is 0 Å². The van der Waals surface area contributed by atoms with Crippen LogP contribution >= 0.6 is 11.7 Å². The van der Waals surface area contributed by atoms with E-state index in [0.29, 0.717) is 33.9 Å². The highest BCUT2D eigenvalue weighted by Crippen LogP contribution is 2.34. The summed E-state index contributed by atoms with van der Waals surface area (Å²) >= 11 is 0.795. The van der Waals surface area contributed by atoms with Crippen LogP contribution in [0.15, 0.2) is 71.6 Å². The number of rotatable bonds is 8. The number of nitrogens with one attached hydrogen (secondary N) is 1. The van der Waals surface area contributed by atoms with E-state index in [-0.39, 0.29) is 16.1 Å². The zero-order valence-electron chi connectivity index (χ0n) is 18.7. The molecule has 0 aliphatic carbocycles. The number of aromatic nitrogens is 2. The van der Waals surface area contributed by atoms with Gasteiger partial charge < -0.3 is 10.1 Å². The zero-order valence-corrected chi connectivity index (χ0v) is 20.3. The molecule has 0 unspecified atom stereocenters. The zero-order chi connectivity index (χ0) is 25.9. The van der Waals surface area contributed by atoms with Gasteiger partial charge in [-0.25, -0.2) is 8.42 Å². The van der Waals surface area contributed by atoms with E-state index in [1.165, 1.54) is 18.2 Å². The van der Waals surface area contributed by atoms with Crippen molar-refractivity contribution in [1.82, 2.24) is 8.75 Å². The summed E-state index contributed by atoms with van der Waals surface area (Å²) < 4.78 is 81.5. The number of halogens is 3. The first-order chi connectivity index (χ1) is 17.1. The average molecular weight is 537 g/mol. The molecule has 0 spiro atoms. The maximum atomic E-state index is 13.7. The minimum absolute atomic E-state index is 0.0615. The molecule has 0 fully saturated rings. The predicted molar refractivity (Wildman–Crippen MR) is 130 cm³/mol. The summed E-state index contributed by atoms with van der Waals surface area (Å²) in [7, 11) is -4.52. The summed E-state index contributed by atoms with van der Waals surface area (Å²) in [6.07, 6.45) is -4.71. The molecule has 0 aliphatic heterocycles. The lowest BCUT2D eigenvalue weighted by Crippen LogP contribution is -2.38. The van der Waals surface area contributed by atoms with Gasteiger partial charge in [0, 0.05) is 5.69 Å². The van der Waals surface area contributed by atoms with E-state index in [2.05, 4.69) is 14.1 Å². The molecule has 4 aromatic rings. The van der Waals surface area contributed by atoms with Gasteiger partial charge in [0.2, 0.25) is 5.91 Å². The molecule has 0 saturated heterocycles. The number of fused-ring (bicyclic) bond motifs is 1. The van der Waals surface area contributed by atoms with Gasteiger partial charge in [0.1, 0.15) is 28.2 Å². The molecule has 1 N–H and O–H groups in total. The monoisotopic (exact) mass is 536 g/mol. The van der Waals surface area contributed by atoms with Crippen molar-refractivity contribution < 1.29 is 31.1 Å². The molecule has 1 heterocycles. The first-order valence-electron chi connectivity index (χ1n) is 10.5. The molecular formula is C23H19F3N4O4S2. The van der Waals surface area contributed by atoms with Crippen LogP contribution in [0.5, 0.6) is 5.75 Å². The number of amides is 1. The van der Waals surface area contributed by atoms with Crippen LogP contribution in [-0.2, 0) is 21.0 Å². The first-order valence-corrected chi connectivity index (χ1v) is 12.7. The highest BCUT2D eigenvalue weighted by Gasteiger charge is 2.34. The molecule has 0 bridgehead atoms. The molecule has 1 amide bonds. The Kier molecular flexibility index (Phi) is 7.13. The number of alkyl halides is 3. The van der Waals surface area contributed by atoms with E-state index in [0.717, 1.165) is 23.9 Å². The number of hydrogen-bond donors (Lipinski definition) is 1. The second-order valence-corrected chi connectivity index (χ2v) is 9.81. The largest absolute Gasteiger partial charge is 0.494 e. The van der Waals surface area contributed by atoms with E-state index in [4.69, 9.17) is 4.74 Å². The molecule has 1 aromatic heterocycles. The van der Waals surface area contributed by atoms with Crippen LogP contribution in [0, 0.1) is 0 Å². The quantitative estimate of drug-likeness (QED) is 0.342. The summed E-state index contributed by atoms with van der Waals surface area (Å²) in [4.78, 5) is 12.6. The molecular weight excluding hydrogens is 517 g/mol. The maximum absolute atomic E-state index is 13.7. The second kappa shape index (κ2) is 10.1. The molecule has 4 rings (SSSR count). The lowest BCUT2D eigenvalue weighted by Gasteiger charge is -2.25. The van der Waals surface area contributed by atoms with E-state index < -0.39 is 34.2 Å². The molecule has 0 saturated carbocycles. The number of carbonyl (C=O) groups excluding carboxylic acids is 1. The van der Waals surface area contributed by atoms with Crippen molar-refractivity contribution >= 4 is 50.1 Å². The van der Waals surface area contributed by atoms with Crippen LogP contribution in [0.3, 0.4) is 0 Å². The summed E-state index contributed by atoms with van der Waals surface area (Å²) in [6.45, 7) is 1.49. The molecule has 36 heavy (non-hydrogen) atoms. The standard InChI is InChI=1S/C23H19F3N4O4S2/c1-2-34-18-11-9-16(10-12-18)27-21(31)14-30(17-6-3-5-15(13-17)23(24,25)26)36(32,33)20-8-4-7-19-22(20)29-35-28-19/h3-13H,2,14H2,1H3,(H,27,31). The highest BCUT2D eigenvalue weighted by atomic mass is 32.2. The van der Waals surface area contributed by atoms with Gasteiger partial charge in [-0.2, -0.15) is 21.9 Å². The Morgan fingerprint density at radius 2 is 1.78 bits per heavy atom. The third-order valence-corrected chi connectivity index (χ3v) is 7.36. The van der Waals surface area contributed by atoms with Gasteiger partial charge in [-0.15, -0.1) is 0 Å². The van der Waals surface area contributed by atoms with Crippen LogP contribution in [0.1, 0.15) is 12.5 Å². The SMILES string of the molecule is CCOc1ccc(NC(=O)CN(c2cccc(C(F)(F)F)c2)S(=O)(=O)c2cccc3nsnc23)cc1. The molecule has 3 aromatic carbocycles. The molecule has 0 radical (unpaired) electrons. The van der Waals surface area contributed by atoms with E-state index in [1.807, 2.05) is 6.92 Å². The van der Waals surface area contributed by atoms with Crippen LogP contribution < -0.4 is 14.4 Å². The smallest absolute Gasteiger partial charge is 0.416 e. The van der Waals surface area contributed by atoms with Gasteiger partial charge in [-0.05, 0) is 61.5 Å². The van der Waals surface area contributed by atoms with E-state index in [1.54, 1.807) is 30.3 Å². The Balaban J connectivity index is 1.72. The molecule has 13 heteroatoms. The number of anilines is 2. The second-order valence-electron chi connectivity index (χ2n) is 7.45. The molecule has 188 valence electrons.